The highest BCUT2D eigenvalue weighted by Gasteiger charge is 2.14. The lowest BCUT2D eigenvalue weighted by molar-refractivity contribution is 0.249. The summed E-state index contributed by atoms with van der Waals surface area (Å²) in [4.78, 5) is 6.67. The molecule has 1 heterocycles. The molecule has 1 aromatic heterocycles. The number of benzene rings is 1. The number of aromatic nitrogens is 1. The van der Waals surface area contributed by atoms with E-state index in [-0.39, 0.29) is 0 Å². The van der Waals surface area contributed by atoms with Gasteiger partial charge in [-0.25, -0.2) is 0 Å². The Balaban J connectivity index is 1.84. The zero-order valence-corrected chi connectivity index (χ0v) is 17.2. The predicted molar refractivity (Wildman–Crippen MR) is 111 cm³/mol. The van der Waals surface area contributed by atoms with Crippen molar-refractivity contribution in [2.24, 2.45) is 4.99 Å². The molecule has 0 aliphatic rings. The number of guanidine groups is 1. The van der Waals surface area contributed by atoms with Crippen molar-refractivity contribution in [2.45, 2.75) is 52.7 Å². The zero-order chi connectivity index (χ0) is 19.6. The monoisotopic (exact) mass is 371 g/mol. The van der Waals surface area contributed by atoms with Crippen LogP contribution in [0.1, 0.15) is 43.4 Å². The second-order valence-electron chi connectivity index (χ2n) is 6.79. The number of likely N-dealkylation sites (N-methyl/N-ethyl adjacent to an activating group) is 1. The summed E-state index contributed by atoms with van der Waals surface area (Å²) in [6.45, 7) is 8.81. The van der Waals surface area contributed by atoms with Gasteiger partial charge in [0.1, 0.15) is 5.76 Å². The molecule has 0 saturated carbocycles. The maximum Gasteiger partial charge on any atom is 0.191 e. The first kappa shape index (κ1) is 21.0. The standard InChI is InChI=1S/C21H33N5O/c1-6-19-18(20(7-2)27-25-19)14-24-21(22-4)23-13-16(3)26(5)15-17-11-9-8-10-12-17/h8-12,16H,6-7,13-15H2,1-5H3,(H2,22,23,24). The highest BCUT2D eigenvalue weighted by molar-refractivity contribution is 5.79. The summed E-state index contributed by atoms with van der Waals surface area (Å²) in [7, 11) is 3.94. The third-order valence-corrected chi connectivity index (χ3v) is 4.86. The van der Waals surface area contributed by atoms with E-state index in [0.717, 1.165) is 48.9 Å². The van der Waals surface area contributed by atoms with Crippen molar-refractivity contribution in [3.8, 4) is 0 Å². The Kier molecular flexibility index (Phi) is 8.33. The Bertz CT molecular complexity index is 689. The van der Waals surface area contributed by atoms with Crippen molar-refractivity contribution in [3.05, 3.63) is 52.9 Å². The van der Waals surface area contributed by atoms with Crippen LogP contribution in [0.25, 0.3) is 0 Å². The molecule has 0 bridgehead atoms. The minimum atomic E-state index is 0.372. The molecule has 0 aliphatic carbocycles. The summed E-state index contributed by atoms with van der Waals surface area (Å²) in [6, 6.07) is 10.9. The lowest BCUT2D eigenvalue weighted by atomic mass is 10.1. The molecule has 0 spiro atoms. The molecular formula is C21H33N5O. The molecule has 148 valence electrons. The summed E-state index contributed by atoms with van der Waals surface area (Å²) >= 11 is 0. The van der Waals surface area contributed by atoms with Gasteiger partial charge in [0.25, 0.3) is 0 Å². The smallest absolute Gasteiger partial charge is 0.191 e. The van der Waals surface area contributed by atoms with Gasteiger partial charge in [0.05, 0.1) is 5.69 Å². The highest BCUT2D eigenvalue weighted by Crippen LogP contribution is 2.15. The minimum Gasteiger partial charge on any atom is -0.361 e. The molecule has 0 radical (unpaired) electrons. The van der Waals surface area contributed by atoms with Crippen molar-refractivity contribution in [1.29, 1.82) is 0 Å². The van der Waals surface area contributed by atoms with E-state index in [9.17, 15) is 0 Å². The van der Waals surface area contributed by atoms with Crippen molar-refractivity contribution in [3.63, 3.8) is 0 Å². The van der Waals surface area contributed by atoms with Crippen LogP contribution < -0.4 is 10.6 Å². The van der Waals surface area contributed by atoms with Crippen molar-refractivity contribution < 1.29 is 4.52 Å². The number of hydrogen-bond donors (Lipinski definition) is 2. The van der Waals surface area contributed by atoms with Gasteiger partial charge >= 0.3 is 0 Å². The lowest BCUT2D eigenvalue weighted by Crippen LogP contribution is -2.44. The minimum absolute atomic E-state index is 0.372. The lowest BCUT2D eigenvalue weighted by Gasteiger charge is -2.25. The van der Waals surface area contributed by atoms with Gasteiger partial charge in [0.2, 0.25) is 0 Å². The molecule has 2 aromatic rings. The quantitative estimate of drug-likeness (QED) is 0.524. The molecule has 0 saturated heterocycles. The van der Waals surface area contributed by atoms with Crippen LogP contribution in [0.2, 0.25) is 0 Å². The number of aryl methyl sites for hydroxylation is 2. The van der Waals surface area contributed by atoms with Crippen molar-refractivity contribution >= 4 is 5.96 Å². The van der Waals surface area contributed by atoms with Gasteiger partial charge < -0.3 is 15.2 Å². The average molecular weight is 372 g/mol. The Morgan fingerprint density at radius 1 is 1.19 bits per heavy atom. The number of nitrogens with one attached hydrogen (secondary N) is 2. The first-order valence-electron chi connectivity index (χ1n) is 9.73. The predicted octanol–water partition coefficient (Wildman–Crippen LogP) is 2.98. The van der Waals surface area contributed by atoms with Gasteiger partial charge in [-0.05, 0) is 26.0 Å². The molecule has 0 aliphatic heterocycles. The fraction of sp³-hybridized carbons (Fsp3) is 0.524. The van der Waals surface area contributed by atoms with E-state index in [1.807, 2.05) is 6.07 Å². The molecule has 2 rings (SSSR count). The van der Waals surface area contributed by atoms with Gasteiger partial charge in [-0.1, -0.05) is 49.3 Å². The molecule has 0 amide bonds. The van der Waals surface area contributed by atoms with E-state index in [1.165, 1.54) is 5.56 Å². The molecule has 0 fully saturated rings. The molecule has 1 aromatic carbocycles. The van der Waals surface area contributed by atoms with E-state index in [1.54, 1.807) is 7.05 Å². The van der Waals surface area contributed by atoms with Crippen LogP contribution in [0.5, 0.6) is 0 Å². The SMILES string of the molecule is CCc1noc(CC)c1CNC(=NC)NCC(C)N(C)Cc1ccccc1. The Hall–Kier alpha value is -2.34. The van der Waals surface area contributed by atoms with Gasteiger partial charge in [0.15, 0.2) is 5.96 Å². The van der Waals surface area contributed by atoms with Gasteiger partial charge in [-0.15, -0.1) is 0 Å². The molecule has 27 heavy (non-hydrogen) atoms. The van der Waals surface area contributed by atoms with Crippen LogP contribution in [-0.4, -0.2) is 42.7 Å². The number of nitrogens with zero attached hydrogens (tertiary/aromatic N) is 3. The fourth-order valence-electron chi connectivity index (χ4n) is 2.96. The number of rotatable bonds is 9. The summed E-state index contributed by atoms with van der Waals surface area (Å²) in [5.74, 6) is 1.74. The number of aliphatic imine (C=N–C) groups is 1. The third kappa shape index (κ3) is 6.10. The second kappa shape index (κ2) is 10.7. The van der Waals surface area contributed by atoms with Gasteiger partial charge in [0, 0.05) is 44.7 Å². The first-order chi connectivity index (χ1) is 13.1. The first-order valence-corrected chi connectivity index (χ1v) is 9.73. The summed E-state index contributed by atoms with van der Waals surface area (Å²) in [6.07, 6.45) is 1.71. The van der Waals surface area contributed by atoms with Crippen molar-refractivity contribution in [1.82, 2.24) is 20.7 Å². The van der Waals surface area contributed by atoms with E-state index in [2.05, 4.69) is 77.8 Å². The van der Waals surface area contributed by atoms with Crippen molar-refractivity contribution in [2.75, 3.05) is 20.6 Å². The zero-order valence-electron chi connectivity index (χ0n) is 17.2. The second-order valence-corrected chi connectivity index (χ2v) is 6.79. The van der Waals surface area contributed by atoms with Crippen LogP contribution in [-0.2, 0) is 25.9 Å². The maximum absolute atomic E-state index is 5.43. The van der Waals surface area contributed by atoms with E-state index < -0.39 is 0 Å². The van der Waals surface area contributed by atoms with Crippen LogP contribution >= 0.6 is 0 Å². The average Bonchev–Trinajstić information content (AvgIpc) is 3.10. The van der Waals surface area contributed by atoms with Crippen LogP contribution in [0, 0.1) is 0 Å². The van der Waals surface area contributed by atoms with E-state index in [0.29, 0.717) is 12.6 Å². The van der Waals surface area contributed by atoms with Gasteiger partial charge in [-0.3, -0.25) is 9.89 Å². The number of hydrogen-bond acceptors (Lipinski definition) is 4. The molecule has 1 atom stereocenters. The Morgan fingerprint density at radius 3 is 2.56 bits per heavy atom. The molecule has 6 nitrogen and oxygen atoms in total. The van der Waals surface area contributed by atoms with Gasteiger partial charge in [-0.2, -0.15) is 0 Å². The molecule has 1 unspecified atom stereocenters. The topological polar surface area (TPSA) is 65.7 Å². The largest absolute Gasteiger partial charge is 0.361 e. The molecule has 6 heteroatoms. The maximum atomic E-state index is 5.43. The summed E-state index contributed by atoms with van der Waals surface area (Å²) < 4.78 is 5.43. The third-order valence-electron chi connectivity index (χ3n) is 4.86. The Labute approximate surface area is 163 Å². The van der Waals surface area contributed by atoms with Crippen LogP contribution in [0.4, 0.5) is 0 Å². The van der Waals surface area contributed by atoms with Crippen LogP contribution in [0.15, 0.2) is 39.8 Å². The highest BCUT2D eigenvalue weighted by atomic mass is 16.5. The van der Waals surface area contributed by atoms with E-state index in [4.69, 9.17) is 4.52 Å². The normalized spacial score (nSPS) is 13.0. The fourth-order valence-corrected chi connectivity index (χ4v) is 2.96. The molecular weight excluding hydrogens is 338 g/mol. The summed E-state index contributed by atoms with van der Waals surface area (Å²) in [5.41, 5.74) is 3.49. The molecule has 2 N–H and O–H groups in total. The van der Waals surface area contributed by atoms with E-state index >= 15 is 0 Å². The summed E-state index contributed by atoms with van der Waals surface area (Å²) in [5, 5.41) is 11.0. The van der Waals surface area contributed by atoms with Crippen LogP contribution in [0.3, 0.4) is 0 Å². The Morgan fingerprint density at radius 2 is 1.93 bits per heavy atom.